The molecule has 2 bridgehead atoms. The Morgan fingerprint density at radius 1 is 1.05 bits per heavy atom. The molecule has 3 atom stereocenters. The van der Waals surface area contributed by atoms with Crippen LogP contribution in [0.1, 0.15) is 24.0 Å². The fraction of sp³-hybridized carbons (Fsp3) is 0.333. The Morgan fingerprint density at radius 2 is 1.84 bits per heavy atom. The molecule has 0 N–H and O–H groups in total. The third-order valence-corrected chi connectivity index (χ3v) is 4.04. The largest absolute Gasteiger partial charge is 0.498 e. The van der Waals surface area contributed by atoms with Crippen molar-refractivity contribution in [1.29, 1.82) is 0 Å². The third kappa shape index (κ3) is 2.25. The number of benzene rings is 1. The quantitative estimate of drug-likeness (QED) is 0.726. The number of ether oxygens (including phenoxy) is 1. The summed E-state index contributed by atoms with van der Waals surface area (Å²) in [6.07, 6.45) is 11.2. The second kappa shape index (κ2) is 5.08. The number of aryl methyl sites for hydroxylation is 1. The Hall–Kier alpha value is -1.76. The normalized spacial score (nSPS) is 28.1. The van der Waals surface area contributed by atoms with Gasteiger partial charge in [-0.3, -0.25) is 0 Å². The zero-order chi connectivity index (χ0) is 13.2. The number of fused-ring (bicyclic) bond motifs is 2. The minimum absolute atomic E-state index is 0.377. The molecule has 1 aromatic carbocycles. The maximum Gasteiger partial charge on any atom is 0.103 e. The second-order valence-corrected chi connectivity index (χ2v) is 5.31. The fourth-order valence-electron chi connectivity index (χ4n) is 3.10. The average molecular weight is 252 g/mol. The van der Waals surface area contributed by atoms with Crippen molar-refractivity contribution < 1.29 is 4.74 Å². The minimum atomic E-state index is 0.377. The van der Waals surface area contributed by atoms with Crippen LogP contribution in [0.5, 0.6) is 0 Å². The summed E-state index contributed by atoms with van der Waals surface area (Å²) in [5, 5.41) is 0. The van der Waals surface area contributed by atoms with Crippen molar-refractivity contribution in [2.24, 2.45) is 11.8 Å². The monoisotopic (exact) mass is 252 g/mol. The first-order chi connectivity index (χ1) is 9.29. The predicted molar refractivity (Wildman–Crippen MR) is 78.9 cm³/mol. The van der Waals surface area contributed by atoms with Crippen LogP contribution in [-0.4, -0.2) is 6.61 Å². The molecule has 0 saturated carbocycles. The van der Waals surface area contributed by atoms with E-state index in [0.29, 0.717) is 17.8 Å². The van der Waals surface area contributed by atoms with Crippen LogP contribution in [0, 0.1) is 18.8 Å². The molecule has 0 spiro atoms. The van der Waals surface area contributed by atoms with Crippen molar-refractivity contribution in [3.63, 3.8) is 0 Å². The standard InChI is InChI=1S/C18H20O/c1-3-19-17-6-4-5-14-11-12-16(17)18(14)15-9-7-13(2)8-10-15/h4-12,14,16,18H,3H2,1-2H3. The van der Waals surface area contributed by atoms with Gasteiger partial charge in [-0.15, -0.1) is 0 Å². The summed E-state index contributed by atoms with van der Waals surface area (Å²) in [7, 11) is 0. The first-order valence-corrected chi connectivity index (χ1v) is 7.05. The van der Waals surface area contributed by atoms with E-state index in [4.69, 9.17) is 4.74 Å². The van der Waals surface area contributed by atoms with Crippen LogP contribution in [0.3, 0.4) is 0 Å². The summed E-state index contributed by atoms with van der Waals surface area (Å²) < 4.78 is 5.83. The van der Waals surface area contributed by atoms with Gasteiger partial charge in [0.2, 0.25) is 0 Å². The highest BCUT2D eigenvalue weighted by molar-refractivity contribution is 5.38. The Labute approximate surface area is 115 Å². The van der Waals surface area contributed by atoms with Crippen LogP contribution in [0.2, 0.25) is 0 Å². The van der Waals surface area contributed by atoms with Gasteiger partial charge in [-0.05, 0) is 25.5 Å². The lowest BCUT2D eigenvalue weighted by Crippen LogP contribution is -2.15. The molecule has 3 rings (SSSR count). The zero-order valence-corrected chi connectivity index (χ0v) is 11.5. The molecule has 1 heteroatoms. The lowest BCUT2D eigenvalue weighted by molar-refractivity contribution is 0.195. The molecule has 3 unspecified atom stereocenters. The summed E-state index contributed by atoms with van der Waals surface area (Å²) >= 11 is 0. The van der Waals surface area contributed by atoms with Gasteiger partial charge in [-0.25, -0.2) is 0 Å². The first kappa shape index (κ1) is 12.3. The second-order valence-electron chi connectivity index (χ2n) is 5.31. The Morgan fingerprint density at radius 3 is 2.58 bits per heavy atom. The Balaban J connectivity index is 1.96. The number of rotatable bonds is 3. The van der Waals surface area contributed by atoms with Crippen LogP contribution in [0.4, 0.5) is 0 Å². The number of allylic oxidation sites excluding steroid dienone is 5. The highest BCUT2D eigenvalue weighted by Gasteiger charge is 2.35. The van der Waals surface area contributed by atoms with Gasteiger partial charge in [0, 0.05) is 17.8 Å². The third-order valence-electron chi connectivity index (χ3n) is 4.04. The Bertz CT molecular complexity index is 533. The molecule has 1 nitrogen and oxygen atoms in total. The maximum absolute atomic E-state index is 5.83. The lowest BCUT2D eigenvalue weighted by Gasteiger charge is -2.24. The van der Waals surface area contributed by atoms with Gasteiger partial charge in [0.15, 0.2) is 0 Å². The highest BCUT2D eigenvalue weighted by Crippen LogP contribution is 2.45. The lowest BCUT2D eigenvalue weighted by atomic mass is 9.82. The van der Waals surface area contributed by atoms with Gasteiger partial charge in [-0.1, -0.05) is 54.1 Å². The van der Waals surface area contributed by atoms with Gasteiger partial charge in [-0.2, -0.15) is 0 Å². The van der Waals surface area contributed by atoms with E-state index >= 15 is 0 Å². The SMILES string of the molecule is CCOC1=CC=CC2C=CC1C2c1ccc(C)cc1. The van der Waals surface area contributed by atoms with Crippen LogP contribution < -0.4 is 0 Å². The van der Waals surface area contributed by atoms with E-state index in [0.717, 1.165) is 12.4 Å². The van der Waals surface area contributed by atoms with Crippen molar-refractivity contribution in [2.45, 2.75) is 19.8 Å². The topological polar surface area (TPSA) is 9.23 Å². The van der Waals surface area contributed by atoms with Crippen LogP contribution in [-0.2, 0) is 4.74 Å². The van der Waals surface area contributed by atoms with Crippen LogP contribution in [0.25, 0.3) is 0 Å². The molecular weight excluding hydrogens is 232 g/mol. The van der Waals surface area contributed by atoms with Crippen molar-refractivity contribution in [3.8, 4) is 0 Å². The summed E-state index contributed by atoms with van der Waals surface area (Å²) in [4.78, 5) is 0. The van der Waals surface area contributed by atoms with E-state index in [1.165, 1.54) is 11.1 Å². The van der Waals surface area contributed by atoms with E-state index in [9.17, 15) is 0 Å². The molecule has 0 heterocycles. The molecule has 2 aliphatic carbocycles. The van der Waals surface area contributed by atoms with Crippen molar-refractivity contribution in [3.05, 3.63) is 71.5 Å². The molecule has 0 saturated heterocycles. The maximum atomic E-state index is 5.83. The van der Waals surface area contributed by atoms with E-state index in [2.05, 4.69) is 61.6 Å². The molecule has 98 valence electrons. The smallest absolute Gasteiger partial charge is 0.103 e. The van der Waals surface area contributed by atoms with E-state index < -0.39 is 0 Å². The zero-order valence-electron chi connectivity index (χ0n) is 11.5. The van der Waals surface area contributed by atoms with E-state index in [1.807, 2.05) is 6.92 Å². The minimum Gasteiger partial charge on any atom is -0.498 e. The molecule has 0 radical (unpaired) electrons. The fourth-order valence-corrected chi connectivity index (χ4v) is 3.10. The molecule has 0 aliphatic heterocycles. The van der Waals surface area contributed by atoms with Crippen LogP contribution >= 0.6 is 0 Å². The van der Waals surface area contributed by atoms with Crippen LogP contribution in [0.15, 0.2) is 60.4 Å². The summed E-state index contributed by atoms with van der Waals surface area (Å²) in [6.45, 7) is 4.91. The van der Waals surface area contributed by atoms with Gasteiger partial charge < -0.3 is 4.74 Å². The molecule has 0 fully saturated rings. The van der Waals surface area contributed by atoms with Gasteiger partial charge in [0.05, 0.1) is 6.61 Å². The molecule has 1 aromatic rings. The molecular formula is C18H20O. The van der Waals surface area contributed by atoms with E-state index in [-0.39, 0.29) is 0 Å². The van der Waals surface area contributed by atoms with Gasteiger partial charge in [0.1, 0.15) is 5.76 Å². The Kier molecular flexibility index (Phi) is 3.29. The summed E-state index contributed by atoms with van der Waals surface area (Å²) in [5.74, 6) is 2.45. The summed E-state index contributed by atoms with van der Waals surface area (Å²) in [6, 6.07) is 8.92. The van der Waals surface area contributed by atoms with E-state index in [1.54, 1.807) is 0 Å². The molecule has 0 amide bonds. The predicted octanol–water partition coefficient (Wildman–Crippen LogP) is 4.37. The van der Waals surface area contributed by atoms with Gasteiger partial charge in [0.25, 0.3) is 0 Å². The van der Waals surface area contributed by atoms with Crippen molar-refractivity contribution in [1.82, 2.24) is 0 Å². The molecule has 19 heavy (non-hydrogen) atoms. The van der Waals surface area contributed by atoms with Crippen molar-refractivity contribution >= 4 is 0 Å². The summed E-state index contributed by atoms with van der Waals surface area (Å²) in [5.41, 5.74) is 2.72. The van der Waals surface area contributed by atoms with Crippen molar-refractivity contribution in [2.75, 3.05) is 6.61 Å². The number of hydrogen-bond acceptors (Lipinski definition) is 1. The van der Waals surface area contributed by atoms with Gasteiger partial charge >= 0.3 is 0 Å². The first-order valence-electron chi connectivity index (χ1n) is 7.05. The molecule has 2 aliphatic rings. The average Bonchev–Trinajstić information content (AvgIpc) is 2.73. The number of hydrogen-bond donors (Lipinski definition) is 0. The highest BCUT2D eigenvalue weighted by atomic mass is 16.5. The molecule has 0 aromatic heterocycles.